The van der Waals surface area contributed by atoms with Crippen LogP contribution in [0.3, 0.4) is 0 Å². The quantitative estimate of drug-likeness (QED) is 0.849. The van der Waals surface area contributed by atoms with Crippen LogP contribution in [0.1, 0.15) is 18.9 Å². The zero-order chi connectivity index (χ0) is 19.9. The summed E-state index contributed by atoms with van der Waals surface area (Å²) in [6, 6.07) is 12.0. The molecule has 0 bridgehead atoms. The van der Waals surface area contributed by atoms with Gasteiger partial charge in [-0.3, -0.25) is 9.59 Å². The molecule has 1 atom stereocenters. The molecule has 1 N–H and O–H groups in total. The maximum absolute atomic E-state index is 13.0. The highest BCUT2D eigenvalue weighted by Gasteiger charge is 2.31. The van der Waals surface area contributed by atoms with Gasteiger partial charge in [0.15, 0.2) is 16.4 Å². The molecular weight excluding hydrogens is 380 g/mol. The Hall–Kier alpha value is -2.87. The van der Waals surface area contributed by atoms with E-state index in [1.807, 2.05) is 24.3 Å². The van der Waals surface area contributed by atoms with Crippen molar-refractivity contribution in [1.29, 1.82) is 0 Å². The fourth-order valence-electron chi connectivity index (χ4n) is 3.53. The monoisotopic (exact) mass is 400 g/mol. The van der Waals surface area contributed by atoms with Gasteiger partial charge in [-0.1, -0.05) is 18.2 Å². The second-order valence-electron chi connectivity index (χ2n) is 6.98. The molecule has 1 unspecified atom stereocenters. The zero-order valence-corrected chi connectivity index (χ0v) is 16.2. The maximum atomic E-state index is 13.0. The lowest BCUT2D eigenvalue weighted by Crippen LogP contribution is -2.33. The number of hydrogen-bond acceptors (Lipinski definition) is 5. The maximum Gasteiger partial charge on any atom is 0.262 e. The van der Waals surface area contributed by atoms with E-state index in [0.717, 1.165) is 17.7 Å². The predicted molar refractivity (Wildman–Crippen MR) is 104 cm³/mol. The summed E-state index contributed by atoms with van der Waals surface area (Å²) in [4.78, 5) is 25.8. The SMILES string of the molecule is CC(CC(=O)N1CCc2ccccc21)S(=O)(=O)c1ccc2c(c1)OCC(=O)N2. The normalized spacial score (nSPS) is 16.6. The molecule has 0 aromatic heterocycles. The van der Waals surface area contributed by atoms with E-state index in [-0.39, 0.29) is 29.7 Å². The van der Waals surface area contributed by atoms with Crippen LogP contribution in [0.25, 0.3) is 0 Å². The molecule has 2 amide bonds. The number of ether oxygens (including phenoxy) is 1. The highest BCUT2D eigenvalue weighted by atomic mass is 32.2. The smallest absolute Gasteiger partial charge is 0.262 e. The largest absolute Gasteiger partial charge is 0.482 e. The molecule has 7 nitrogen and oxygen atoms in total. The lowest BCUT2D eigenvalue weighted by Gasteiger charge is -2.21. The molecule has 2 aromatic carbocycles. The van der Waals surface area contributed by atoms with Crippen molar-refractivity contribution in [3.8, 4) is 5.75 Å². The van der Waals surface area contributed by atoms with Crippen LogP contribution < -0.4 is 15.0 Å². The first kappa shape index (κ1) is 18.5. The van der Waals surface area contributed by atoms with Crippen molar-refractivity contribution in [3.05, 3.63) is 48.0 Å². The highest BCUT2D eigenvalue weighted by Crippen LogP contribution is 2.33. The van der Waals surface area contributed by atoms with E-state index in [2.05, 4.69) is 5.32 Å². The molecule has 0 aliphatic carbocycles. The summed E-state index contributed by atoms with van der Waals surface area (Å²) < 4.78 is 31.2. The summed E-state index contributed by atoms with van der Waals surface area (Å²) in [5.74, 6) is -0.178. The third-order valence-electron chi connectivity index (χ3n) is 5.09. The molecule has 0 spiro atoms. The summed E-state index contributed by atoms with van der Waals surface area (Å²) in [5, 5.41) is 1.74. The first-order valence-electron chi connectivity index (χ1n) is 9.05. The van der Waals surface area contributed by atoms with Crippen LogP contribution in [0, 0.1) is 0 Å². The lowest BCUT2D eigenvalue weighted by atomic mass is 10.2. The number of benzene rings is 2. The van der Waals surface area contributed by atoms with E-state index >= 15 is 0 Å². The van der Waals surface area contributed by atoms with Crippen LogP contribution in [0.5, 0.6) is 5.75 Å². The number of sulfone groups is 1. The third-order valence-corrected chi connectivity index (χ3v) is 7.23. The number of nitrogens with one attached hydrogen (secondary N) is 1. The summed E-state index contributed by atoms with van der Waals surface area (Å²) in [6.45, 7) is 1.95. The molecule has 8 heteroatoms. The number of para-hydroxylation sites is 1. The summed E-state index contributed by atoms with van der Waals surface area (Å²) in [5.41, 5.74) is 2.39. The fourth-order valence-corrected chi connectivity index (χ4v) is 4.88. The van der Waals surface area contributed by atoms with Gasteiger partial charge in [-0.05, 0) is 37.1 Å². The van der Waals surface area contributed by atoms with E-state index < -0.39 is 15.1 Å². The fraction of sp³-hybridized carbons (Fsp3) is 0.300. The van der Waals surface area contributed by atoms with Crippen LogP contribution in [0.2, 0.25) is 0 Å². The molecule has 2 aliphatic heterocycles. The van der Waals surface area contributed by atoms with E-state index in [1.54, 1.807) is 4.90 Å². The number of carbonyl (C=O) groups excluding carboxylic acids is 2. The summed E-state index contributed by atoms with van der Waals surface area (Å²) >= 11 is 0. The van der Waals surface area contributed by atoms with Crippen molar-refractivity contribution in [1.82, 2.24) is 0 Å². The molecule has 0 saturated carbocycles. The van der Waals surface area contributed by atoms with Gasteiger partial charge in [0.05, 0.1) is 15.8 Å². The van der Waals surface area contributed by atoms with Crippen LogP contribution in [-0.2, 0) is 25.8 Å². The second kappa shape index (κ2) is 6.94. The number of carbonyl (C=O) groups is 2. The first-order valence-corrected chi connectivity index (χ1v) is 10.6. The predicted octanol–water partition coefficient (Wildman–Crippen LogP) is 2.16. The van der Waals surface area contributed by atoms with Crippen LogP contribution in [0.4, 0.5) is 11.4 Å². The number of fused-ring (bicyclic) bond motifs is 2. The summed E-state index contributed by atoms with van der Waals surface area (Å²) in [7, 11) is -3.73. The lowest BCUT2D eigenvalue weighted by molar-refractivity contribution is -0.119. The average molecular weight is 400 g/mol. The molecule has 0 saturated heterocycles. The molecular formula is C20H20N2O5S. The van der Waals surface area contributed by atoms with Gasteiger partial charge in [0, 0.05) is 24.7 Å². The van der Waals surface area contributed by atoms with Crippen molar-refractivity contribution in [2.24, 2.45) is 0 Å². The van der Waals surface area contributed by atoms with E-state index in [9.17, 15) is 18.0 Å². The van der Waals surface area contributed by atoms with Gasteiger partial charge in [-0.25, -0.2) is 8.42 Å². The van der Waals surface area contributed by atoms with Gasteiger partial charge in [-0.15, -0.1) is 0 Å². The van der Waals surface area contributed by atoms with Gasteiger partial charge >= 0.3 is 0 Å². The molecule has 0 fully saturated rings. The minimum absolute atomic E-state index is 0.0736. The average Bonchev–Trinajstić information content (AvgIpc) is 3.11. The minimum atomic E-state index is -3.73. The van der Waals surface area contributed by atoms with Crippen molar-refractivity contribution in [3.63, 3.8) is 0 Å². The van der Waals surface area contributed by atoms with E-state index in [0.29, 0.717) is 18.0 Å². The number of amides is 2. The Morgan fingerprint density at radius 1 is 1.25 bits per heavy atom. The van der Waals surface area contributed by atoms with Gasteiger partial charge < -0.3 is 15.0 Å². The Bertz CT molecular complexity index is 1060. The molecule has 0 radical (unpaired) electrons. The molecule has 28 heavy (non-hydrogen) atoms. The highest BCUT2D eigenvalue weighted by molar-refractivity contribution is 7.92. The van der Waals surface area contributed by atoms with Crippen molar-refractivity contribution < 1.29 is 22.7 Å². The standard InChI is InChI=1S/C20H20N2O5S/c1-13(10-20(24)22-9-8-14-4-2-3-5-17(14)22)28(25,26)15-6-7-16-18(11-15)27-12-19(23)21-16/h2-7,11,13H,8-10,12H2,1H3,(H,21,23). The third kappa shape index (κ3) is 3.24. The molecule has 2 aliphatic rings. The Morgan fingerprint density at radius 3 is 2.86 bits per heavy atom. The van der Waals surface area contributed by atoms with Crippen LogP contribution in [0.15, 0.2) is 47.4 Å². The summed E-state index contributed by atoms with van der Waals surface area (Å²) in [6.07, 6.45) is 0.669. The van der Waals surface area contributed by atoms with Gasteiger partial charge in [-0.2, -0.15) is 0 Å². The van der Waals surface area contributed by atoms with Crippen molar-refractivity contribution >= 4 is 33.0 Å². The van der Waals surface area contributed by atoms with Crippen LogP contribution in [-0.4, -0.2) is 38.6 Å². The van der Waals surface area contributed by atoms with Crippen LogP contribution >= 0.6 is 0 Å². The molecule has 146 valence electrons. The zero-order valence-electron chi connectivity index (χ0n) is 15.3. The number of nitrogens with zero attached hydrogens (tertiary/aromatic N) is 1. The number of anilines is 2. The van der Waals surface area contributed by atoms with E-state index in [1.165, 1.54) is 25.1 Å². The molecule has 4 rings (SSSR count). The first-order chi connectivity index (χ1) is 13.4. The second-order valence-corrected chi connectivity index (χ2v) is 9.34. The number of hydrogen-bond donors (Lipinski definition) is 1. The Kier molecular flexibility index (Phi) is 4.58. The van der Waals surface area contributed by atoms with Crippen molar-refractivity contribution in [2.45, 2.75) is 29.9 Å². The van der Waals surface area contributed by atoms with Gasteiger partial charge in [0.25, 0.3) is 5.91 Å². The van der Waals surface area contributed by atoms with Gasteiger partial charge in [0.1, 0.15) is 5.75 Å². The Balaban J connectivity index is 1.52. The molecule has 2 heterocycles. The molecule has 2 aromatic rings. The van der Waals surface area contributed by atoms with Gasteiger partial charge in [0.2, 0.25) is 5.91 Å². The number of rotatable bonds is 4. The minimum Gasteiger partial charge on any atom is -0.482 e. The Morgan fingerprint density at radius 2 is 2.04 bits per heavy atom. The van der Waals surface area contributed by atoms with E-state index in [4.69, 9.17) is 4.74 Å². The van der Waals surface area contributed by atoms with Crippen molar-refractivity contribution in [2.75, 3.05) is 23.4 Å². The Labute approximate surface area is 163 Å². The topological polar surface area (TPSA) is 92.8 Å².